The number of nitrogens with one attached hydrogen (secondary N) is 1. The maximum atomic E-state index is 13.0. The highest BCUT2D eigenvalue weighted by molar-refractivity contribution is 7.17. The summed E-state index contributed by atoms with van der Waals surface area (Å²) in [6, 6.07) is 7.38. The summed E-state index contributed by atoms with van der Waals surface area (Å²) in [6.45, 7) is 4.33. The average Bonchev–Trinajstić information content (AvgIpc) is 3.09. The number of hydrogen-bond donors (Lipinski definition) is 2. The Morgan fingerprint density at radius 1 is 1.13 bits per heavy atom. The first-order chi connectivity index (χ1) is 14.9. The first kappa shape index (κ1) is 22.8. The van der Waals surface area contributed by atoms with Crippen LogP contribution in [0.1, 0.15) is 47.8 Å². The standard InChI is InChI=1S/C23H27NO6S/c1-4-30-15-11-9-14(10-12-15)18-13(2)31-21(19(18)23(28)29-3)24-20(25)16-7-5-6-8-17(16)22(26)27/h9-12,16-17H,4-8H2,1-3H3,(H,24,25)(H,26,27)/t16-,17-/m1/s1. The normalized spacial score (nSPS) is 18.3. The van der Waals surface area contributed by atoms with Gasteiger partial charge < -0.3 is 19.9 Å². The number of hydrogen-bond acceptors (Lipinski definition) is 6. The molecule has 1 heterocycles. The van der Waals surface area contributed by atoms with E-state index in [9.17, 15) is 19.5 Å². The van der Waals surface area contributed by atoms with Gasteiger partial charge in [0.2, 0.25) is 5.91 Å². The summed E-state index contributed by atoms with van der Waals surface area (Å²) >= 11 is 1.28. The van der Waals surface area contributed by atoms with Crippen molar-refractivity contribution in [3.8, 4) is 16.9 Å². The Morgan fingerprint density at radius 3 is 2.35 bits per heavy atom. The summed E-state index contributed by atoms with van der Waals surface area (Å²) < 4.78 is 10.5. The van der Waals surface area contributed by atoms with Crippen molar-refractivity contribution < 1.29 is 29.0 Å². The first-order valence-corrected chi connectivity index (χ1v) is 11.2. The van der Waals surface area contributed by atoms with E-state index < -0.39 is 23.8 Å². The van der Waals surface area contributed by atoms with Gasteiger partial charge in [0.05, 0.1) is 25.6 Å². The molecule has 2 N–H and O–H groups in total. The van der Waals surface area contributed by atoms with Crippen molar-refractivity contribution in [2.24, 2.45) is 11.8 Å². The van der Waals surface area contributed by atoms with Crippen LogP contribution in [0.2, 0.25) is 0 Å². The molecule has 3 rings (SSSR count). The van der Waals surface area contributed by atoms with E-state index in [4.69, 9.17) is 9.47 Å². The number of methoxy groups -OCH3 is 1. The Hall–Kier alpha value is -2.87. The van der Waals surface area contributed by atoms with Crippen LogP contribution in [0, 0.1) is 18.8 Å². The van der Waals surface area contributed by atoms with E-state index >= 15 is 0 Å². The molecule has 31 heavy (non-hydrogen) atoms. The second-order valence-electron chi connectivity index (χ2n) is 7.51. The highest BCUT2D eigenvalue weighted by Crippen LogP contribution is 2.41. The number of thiophene rings is 1. The summed E-state index contributed by atoms with van der Waals surface area (Å²) in [5.74, 6) is -2.47. The maximum absolute atomic E-state index is 13.0. The quantitative estimate of drug-likeness (QED) is 0.597. The smallest absolute Gasteiger partial charge is 0.341 e. The Kier molecular flexibility index (Phi) is 7.33. The Morgan fingerprint density at radius 2 is 1.77 bits per heavy atom. The lowest BCUT2D eigenvalue weighted by Crippen LogP contribution is -2.36. The fourth-order valence-corrected chi connectivity index (χ4v) is 5.17. The molecular weight excluding hydrogens is 418 g/mol. The van der Waals surface area contributed by atoms with Gasteiger partial charge in [0, 0.05) is 10.4 Å². The number of aryl methyl sites for hydroxylation is 1. The lowest BCUT2D eigenvalue weighted by atomic mass is 9.78. The van der Waals surface area contributed by atoms with Crippen molar-refractivity contribution >= 4 is 34.2 Å². The molecule has 1 saturated carbocycles. The largest absolute Gasteiger partial charge is 0.494 e. The van der Waals surface area contributed by atoms with Crippen LogP contribution in [-0.2, 0) is 14.3 Å². The Bertz CT molecular complexity index is 965. The third-order valence-corrected chi connectivity index (χ3v) is 6.61. The van der Waals surface area contributed by atoms with Gasteiger partial charge in [-0.1, -0.05) is 25.0 Å². The Labute approximate surface area is 185 Å². The fourth-order valence-electron chi connectivity index (χ4n) is 4.11. The monoisotopic (exact) mass is 445 g/mol. The number of benzene rings is 1. The number of carboxylic acids is 1. The number of ether oxygens (including phenoxy) is 2. The molecule has 7 nitrogen and oxygen atoms in total. The van der Waals surface area contributed by atoms with Gasteiger partial charge in [-0.05, 0) is 44.4 Å². The van der Waals surface area contributed by atoms with Crippen LogP contribution < -0.4 is 10.1 Å². The topological polar surface area (TPSA) is 102 Å². The number of carbonyl (C=O) groups excluding carboxylic acids is 2. The number of esters is 1. The number of anilines is 1. The molecule has 1 fully saturated rings. The lowest BCUT2D eigenvalue weighted by molar-refractivity contribution is -0.147. The molecule has 0 saturated heterocycles. The van der Waals surface area contributed by atoms with Crippen LogP contribution in [0.25, 0.3) is 11.1 Å². The summed E-state index contributed by atoms with van der Waals surface area (Å²) in [5, 5.41) is 12.7. The summed E-state index contributed by atoms with van der Waals surface area (Å²) in [5.41, 5.74) is 1.78. The predicted molar refractivity (Wildman–Crippen MR) is 119 cm³/mol. The molecule has 0 aliphatic heterocycles. The molecule has 1 aliphatic rings. The second-order valence-corrected chi connectivity index (χ2v) is 8.74. The summed E-state index contributed by atoms with van der Waals surface area (Å²) in [6.07, 6.45) is 2.62. The zero-order valence-corrected chi connectivity index (χ0v) is 18.7. The van der Waals surface area contributed by atoms with Crippen molar-refractivity contribution in [3.05, 3.63) is 34.7 Å². The van der Waals surface area contributed by atoms with E-state index in [2.05, 4.69) is 5.32 Å². The minimum absolute atomic E-state index is 0.283. The van der Waals surface area contributed by atoms with Gasteiger partial charge >= 0.3 is 11.9 Å². The van der Waals surface area contributed by atoms with E-state index in [0.717, 1.165) is 29.0 Å². The highest BCUT2D eigenvalue weighted by Gasteiger charge is 2.36. The molecule has 2 aromatic rings. The van der Waals surface area contributed by atoms with E-state index in [1.165, 1.54) is 18.4 Å². The molecule has 2 atom stereocenters. The second kappa shape index (κ2) is 9.96. The van der Waals surface area contributed by atoms with E-state index in [0.29, 0.717) is 30.0 Å². The summed E-state index contributed by atoms with van der Waals surface area (Å²) in [4.78, 5) is 38.1. The summed E-state index contributed by atoms with van der Waals surface area (Å²) in [7, 11) is 1.30. The van der Waals surface area contributed by atoms with Crippen molar-refractivity contribution in [1.82, 2.24) is 0 Å². The van der Waals surface area contributed by atoms with Gasteiger partial charge in [-0.3, -0.25) is 9.59 Å². The van der Waals surface area contributed by atoms with Gasteiger partial charge in [0.15, 0.2) is 0 Å². The molecule has 1 amide bonds. The van der Waals surface area contributed by atoms with Gasteiger partial charge in [0.1, 0.15) is 16.3 Å². The average molecular weight is 446 g/mol. The van der Waals surface area contributed by atoms with Crippen LogP contribution >= 0.6 is 11.3 Å². The van der Waals surface area contributed by atoms with Gasteiger partial charge in [0.25, 0.3) is 0 Å². The maximum Gasteiger partial charge on any atom is 0.341 e. The number of aliphatic carboxylic acids is 1. The molecule has 0 radical (unpaired) electrons. The third kappa shape index (κ3) is 4.90. The van der Waals surface area contributed by atoms with E-state index in [-0.39, 0.29) is 11.5 Å². The molecule has 0 spiro atoms. The minimum Gasteiger partial charge on any atom is -0.494 e. The van der Waals surface area contributed by atoms with Crippen molar-refractivity contribution in [3.63, 3.8) is 0 Å². The molecular formula is C23H27NO6S. The molecule has 0 unspecified atom stereocenters. The zero-order chi connectivity index (χ0) is 22.5. The molecule has 1 aromatic heterocycles. The zero-order valence-electron chi connectivity index (χ0n) is 17.9. The van der Waals surface area contributed by atoms with Crippen LogP contribution in [0.4, 0.5) is 5.00 Å². The van der Waals surface area contributed by atoms with Crippen LogP contribution in [-0.4, -0.2) is 36.7 Å². The molecule has 1 aromatic carbocycles. The number of carboxylic acid groups (broad SMARTS) is 1. The fraction of sp³-hybridized carbons (Fsp3) is 0.435. The predicted octanol–water partition coefficient (Wildman–Crippen LogP) is 4.74. The van der Waals surface area contributed by atoms with Crippen molar-refractivity contribution in [1.29, 1.82) is 0 Å². The number of rotatable bonds is 7. The minimum atomic E-state index is -0.953. The van der Waals surface area contributed by atoms with Gasteiger partial charge in [-0.25, -0.2) is 4.79 Å². The van der Waals surface area contributed by atoms with Crippen LogP contribution in [0.5, 0.6) is 5.75 Å². The molecule has 0 bridgehead atoms. The van der Waals surface area contributed by atoms with Crippen LogP contribution in [0.3, 0.4) is 0 Å². The van der Waals surface area contributed by atoms with E-state index in [1.54, 1.807) is 0 Å². The van der Waals surface area contributed by atoms with Crippen molar-refractivity contribution in [2.45, 2.75) is 39.5 Å². The van der Waals surface area contributed by atoms with Crippen LogP contribution in [0.15, 0.2) is 24.3 Å². The highest BCUT2D eigenvalue weighted by atomic mass is 32.1. The first-order valence-electron chi connectivity index (χ1n) is 10.4. The van der Waals surface area contributed by atoms with Crippen molar-refractivity contribution in [2.75, 3.05) is 19.0 Å². The van der Waals surface area contributed by atoms with Gasteiger partial charge in [-0.2, -0.15) is 0 Å². The lowest BCUT2D eigenvalue weighted by Gasteiger charge is -2.27. The molecule has 1 aliphatic carbocycles. The third-order valence-electron chi connectivity index (χ3n) is 5.58. The van der Waals surface area contributed by atoms with E-state index in [1.807, 2.05) is 38.1 Å². The molecule has 8 heteroatoms. The molecule has 166 valence electrons. The SMILES string of the molecule is CCOc1ccc(-c2c(C)sc(NC(=O)[C@@H]3CCCC[C@H]3C(=O)O)c2C(=O)OC)cc1. The Balaban J connectivity index is 1.95. The van der Waals surface area contributed by atoms with Gasteiger partial charge in [-0.15, -0.1) is 11.3 Å². The number of amides is 1. The number of carbonyl (C=O) groups is 3.